The van der Waals surface area contributed by atoms with Crippen LogP contribution in [0.1, 0.15) is 9.75 Å². The first-order valence-corrected chi connectivity index (χ1v) is 4.94. The van der Waals surface area contributed by atoms with E-state index in [1.807, 2.05) is 11.3 Å². The average Bonchev–Trinajstić information content (AvgIpc) is 2.71. The highest BCUT2D eigenvalue weighted by Gasteiger charge is 1.96. The summed E-state index contributed by atoms with van der Waals surface area (Å²) in [6, 6.07) is 4.28. The first kappa shape index (κ1) is 8.31. The van der Waals surface area contributed by atoms with Crippen molar-refractivity contribution in [3.05, 3.63) is 34.4 Å². The third-order valence-electron chi connectivity index (χ3n) is 1.75. The number of aromatic nitrogens is 2. The van der Waals surface area contributed by atoms with Crippen molar-refractivity contribution >= 4 is 17.2 Å². The van der Waals surface area contributed by atoms with Crippen LogP contribution in [-0.2, 0) is 6.54 Å². The summed E-state index contributed by atoms with van der Waals surface area (Å²) in [4.78, 5) is 9.61. The zero-order valence-corrected chi connectivity index (χ0v) is 8.19. The highest BCUT2D eigenvalue weighted by molar-refractivity contribution is 7.11. The van der Waals surface area contributed by atoms with Crippen LogP contribution in [0.5, 0.6) is 0 Å². The van der Waals surface area contributed by atoms with Crippen molar-refractivity contribution in [2.75, 3.05) is 5.32 Å². The van der Waals surface area contributed by atoms with Gasteiger partial charge in [-0.3, -0.25) is 0 Å². The van der Waals surface area contributed by atoms with E-state index in [4.69, 9.17) is 0 Å². The zero-order chi connectivity index (χ0) is 9.10. The summed E-state index contributed by atoms with van der Waals surface area (Å²) in [5.41, 5.74) is 0. The van der Waals surface area contributed by atoms with Crippen molar-refractivity contribution in [1.29, 1.82) is 0 Å². The molecule has 2 aromatic rings. The molecule has 0 amide bonds. The fourth-order valence-corrected chi connectivity index (χ4v) is 1.95. The number of aryl methyl sites for hydroxylation is 1. The molecule has 0 aliphatic rings. The first-order chi connectivity index (χ1) is 6.34. The van der Waals surface area contributed by atoms with Crippen molar-refractivity contribution in [2.24, 2.45) is 0 Å². The molecule has 0 aromatic carbocycles. The van der Waals surface area contributed by atoms with Gasteiger partial charge in [-0.1, -0.05) is 0 Å². The lowest BCUT2D eigenvalue weighted by molar-refractivity contribution is 1.16. The molecule has 0 atom stereocenters. The number of nitrogens with zero attached hydrogens (tertiary/aromatic N) is 1. The summed E-state index contributed by atoms with van der Waals surface area (Å²) in [5, 5.41) is 3.25. The molecule has 0 aliphatic carbocycles. The molecule has 0 fully saturated rings. The maximum absolute atomic E-state index is 3.93. The zero-order valence-electron chi connectivity index (χ0n) is 7.37. The normalized spacial score (nSPS) is 10.2. The Hall–Kier alpha value is -1.29. The molecule has 13 heavy (non-hydrogen) atoms. The van der Waals surface area contributed by atoms with Gasteiger partial charge in [-0.05, 0) is 19.1 Å². The Bertz CT molecular complexity index is 364. The van der Waals surface area contributed by atoms with E-state index >= 15 is 0 Å². The number of thiophene rings is 1. The van der Waals surface area contributed by atoms with Crippen LogP contribution in [0.25, 0.3) is 0 Å². The fourth-order valence-electron chi connectivity index (χ4n) is 1.12. The molecule has 0 bridgehead atoms. The van der Waals surface area contributed by atoms with Crippen LogP contribution in [-0.4, -0.2) is 9.97 Å². The molecular formula is C9H11N3S. The van der Waals surface area contributed by atoms with Gasteiger partial charge in [0.25, 0.3) is 0 Å². The van der Waals surface area contributed by atoms with Crippen LogP contribution in [0.2, 0.25) is 0 Å². The Morgan fingerprint density at radius 2 is 2.46 bits per heavy atom. The second-order valence-electron chi connectivity index (χ2n) is 2.83. The Kier molecular flexibility index (Phi) is 2.31. The number of hydrogen-bond acceptors (Lipinski definition) is 3. The molecule has 0 saturated heterocycles. The number of H-pyrrole nitrogens is 1. The lowest BCUT2D eigenvalue weighted by atomic mass is 10.4. The van der Waals surface area contributed by atoms with Gasteiger partial charge in [0.2, 0.25) is 0 Å². The predicted molar refractivity (Wildman–Crippen MR) is 55.0 cm³/mol. The van der Waals surface area contributed by atoms with Gasteiger partial charge in [0.15, 0.2) is 0 Å². The minimum atomic E-state index is 0.862. The molecular weight excluding hydrogens is 182 g/mol. The minimum Gasteiger partial charge on any atom is -0.365 e. The number of hydrogen-bond donors (Lipinski definition) is 2. The van der Waals surface area contributed by atoms with E-state index in [0.29, 0.717) is 0 Å². The Labute approximate surface area is 80.8 Å². The fraction of sp³-hybridized carbons (Fsp3) is 0.222. The minimum absolute atomic E-state index is 0.862. The van der Waals surface area contributed by atoms with E-state index in [1.54, 1.807) is 12.5 Å². The molecule has 0 spiro atoms. The molecule has 0 unspecified atom stereocenters. The van der Waals surface area contributed by atoms with Gasteiger partial charge < -0.3 is 10.3 Å². The second kappa shape index (κ2) is 3.62. The number of rotatable bonds is 3. The van der Waals surface area contributed by atoms with E-state index in [1.165, 1.54) is 9.75 Å². The van der Waals surface area contributed by atoms with Crippen LogP contribution in [0.15, 0.2) is 24.7 Å². The highest BCUT2D eigenvalue weighted by Crippen LogP contribution is 2.15. The third-order valence-corrected chi connectivity index (χ3v) is 2.75. The summed E-state index contributed by atoms with van der Waals surface area (Å²) < 4.78 is 0. The predicted octanol–water partition coefficient (Wildman–Crippen LogP) is 2.39. The van der Waals surface area contributed by atoms with Gasteiger partial charge in [-0.25, -0.2) is 4.98 Å². The monoisotopic (exact) mass is 193 g/mol. The maximum atomic E-state index is 3.93. The molecule has 2 heterocycles. The molecule has 3 nitrogen and oxygen atoms in total. The lowest BCUT2D eigenvalue weighted by Gasteiger charge is -1.99. The second-order valence-corrected chi connectivity index (χ2v) is 4.20. The van der Waals surface area contributed by atoms with Gasteiger partial charge in [0.1, 0.15) is 5.82 Å². The van der Waals surface area contributed by atoms with Crippen LogP contribution < -0.4 is 5.32 Å². The van der Waals surface area contributed by atoms with E-state index in [-0.39, 0.29) is 0 Å². The molecule has 2 rings (SSSR count). The summed E-state index contributed by atoms with van der Waals surface area (Å²) in [6.45, 7) is 2.98. The number of nitrogens with one attached hydrogen (secondary N) is 2. The van der Waals surface area contributed by atoms with Crippen molar-refractivity contribution in [1.82, 2.24) is 9.97 Å². The van der Waals surface area contributed by atoms with Gasteiger partial charge >= 0.3 is 0 Å². The highest BCUT2D eigenvalue weighted by atomic mass is 32.1. The smallest absolute Gasteiger partial charge is 0.123 e. The Balaban J connectivity index is 1.93. The van der Waals surface area contributed by atoms with Crippen LogP contribution >= 0.6 is 11.3 Å². The first-order valence-electron chi connectivity index (χ1n) is 4.12. The van der Waals surface area contributed by atoms with E-state index in [9.17, 15) is 0 Å². The lowest BCUT2D eigenvalue weighted by Crippen LogP contribution is -1.96. The van der Waals surface area contributed by atoms with E-state index in [2.05, 4.69) is 34.3 Å². The number of imidazole rings is 1. The van der Waals surface area contributed by atoms with Crippen LogP contribution in [0.3, 0.4) is 0 Å². The quantitative estimate of drug-likeness (QED) is 0.785. The van der Waals surface area contributed by atoms with Crippen molar-refractivity contribution in [3.8, 4) is 0 Å². The summed E-state index contributed by atoms with van der Waals surface area (Å²) in [7, 11) is 0. The molecule has 2 aromatic heterocycles. The molecule has 0 aliphatic heterocycles. The van der Waals surface area contributed by atoms with Gasteiger partial charge in [-0.2, -0.15) is 0 Å². The number of aromatic amines is 1. The topological polar surface area (TPSA) is 40.7 Å². The third kappa shape index (κ3) is 2.09. The van der Waals surface area contributed by atoms with Crippen molar-refractivity contribution in [3.63, 3.8) is 0 Å². The summed E-state index contributed by atoms with van der Waals surface area (Å²) in [5.74, 6) is 0.964. The van der Waals surface area contributed by atoms with E-state index < -0.39 is 0 Å². The van der Waals surface area contributed by atoms with Gasteiger partial charge in [0.05, 0.1) is 19.1 Å². The molecule has 0 radical (unpaired) electrons. The van der Waals surface area contributed by atoms with Crippen molar-refractivity contribution in [2.45, 2.75) is 13.5 Å². The van der Waals surface area contributed by atoms with Crippen molar-refractivity contribution < 1.29 is 0 Å². The Morgan fingerprint density at radius 3 is 3.08 bits per heavy atom. The maximum Gasteiger partial charge on any atom is 0.123 e. The molecule has 4 heteroatoms. The molecule has 0 saturated carbocycles. The average molecular weight is 193 g/mol. The van der Waals surface area contributed by atoms with Crippen LogP contribution in [0, 0.1) is 6.92 Å². The summed E-state index contributed by atoms with van der Waals surface area (Å²) in [6.07, 6.45) is 3.45. The molecule has 68 valence electrons. The van der Waals surface area contributed by atoms with Gasteiger partial charge in [0, 0.05) is 9.75 Å². The molecule has 2 N–H and O–H groups in total. The number of anilines is 1. The van der Waals surface area contributed by atoms with Gasteiger partial charge in [-0.15, -0.1) is 11.3 Å². The largest absolute Gasteiger partial charge is 0.365 e. The standard InChI is InChI=1S/C9H11N3S/c1-7-2-3-8(13-7)4-11-9-5-10-6-12-9/h2-3,5-6,11H,4H2,1H3,(H,10,12). The van der Waals surface area contributed by atoms with Crippen LogP contribution in [0.4, 0.5) is 5.82 Å². The Morgan fingerprint density at radius 1 is 1.54 bits per heavy atom. The SMILES string of the molecule is Cc1ccc(CNc2cnc[nH]2)s1. The summed E-state index contributed by atoms with van der Waals surface area (Å²) >= 11 is 1.81. The van der Waals surface area contributed by atoms with E-state index in [0.717, 1.165) is 12.4 Å².